The third kappa shape index (κ3) is 4.97. The lowest BCUT2D eigenvalue weighted by atomic mass is 9.87. The zero-order chi connectivity index (χ0) is 11.9. The molecule has 1 saturated carbocycles. The highest BCUT2D eigenvalue weighted by molar-refractivity contribution is 4.73. The molecular weight excluding hydrogens is 208 g/mol. The SMILES string of the molecule is CN(CCC1CCCCC1)CCC1CCNC1. The highest BCUT2D eigenvalue weighted by atomic mass is 15.1. The topological polar surface area (TPSA) is 15.3 Å². The van der Waals surface area contributed by atoms with Crippen LogP contribution < -0.4 is 5.32 Å². The van der Waals surface area contributed by atoms with E-state index in [9.17, 15) is 0 Å². The van der Waals surface area contributed by atoms with Gasteiger partial charge in [-0.1, -0.05) is 32.1 Å². The Morgan fingerprint density at radius 2 is 1.65 bits per heavy atom. The molecule has 17 heavy (non-hydrogen) atoms. The molecule has 1 saturated heterocycles. The number of nitrogens with one attached hydrogen (secondary N) is 1. The van der Waals surface area contributed by atoms with E-state index in [1.165, 1.54) is 77.5 Å². The Balaban J connectivity index is 1.52. The molecule has 1 aliphatic carbocycles. The van der Waals surface area contributed by atoms with Crippen molar-refractivity contribution in [1.29, 1.82) is 0 Å². The number of rotatable bonds is 6. The van der Waals surface area contributed by atoms with E-state index < -0.39 is 0 Å². The Kier molecular flexibility index (Phi) is 5.79. The largest absolute Gasteiger partial charge is 0.316 e. The highest BCUT2D eigenvalue weighted by Crippen LogP contribution is 2.26. The van der Waals surface area contributed by atoms with Crippen molar-refractivity contribution in [3.05, 3.63) is 0 Å². The highest BCUT2D eigenvalue weighted by Gasteiger charge is 2.16. The van der Waals surface area contributed by atoms with E-state index in [4.69, 9.17) is 0 Å². The average molecular weight is 238 g/mol. The zero-order valence-electron chi connectivity index (χ0n) is 11.6. The molecule has 0 bridgehead atoms. The fourth-order valence-electron chi connectivity index (χ4n) is 3.35. The van der Waals surface area contributed by atoms with Crippen LogP contribution in [-0.2, 0) is 0 Å². The lowest BCUT2D eigenvalue weighted by Crippen LogP contribution is -2.25. The summed E-state index contributed by atoms with van der Waals surface area (Å²) in [5.41, 5.74) is 0. The van der Waals surface area contributed by atoms with Gasteiger partial charge in [-0.3, -0.25) is 0 Å². The summed E-state index contributed by atoms with van der Waals surface area (Å²) in [6.45, 7) is 5.14. The quantitative estimate of drug-likeness (QED) is 0.765. The molecule has 0 spiro atoms. The van der Waals surface area contributed by atoms with Crippen LogP contribution in [0.1, 0.15) is 51.4 Å². The molecule has 0 aromatic carbocycles. The molecule has 2 heteroatoms. The maximum atomic E-state index is 3.46. The molecule has 2 fully saturated rings. The molecule has 2 nitrogen and oxygen atoms in total. The minimum absolute atomic E-state index is 0.951. The summed E-state index contributed by atoms with van der Waals surface area (Å²) < 4.78 is 0. The second-order valence-corrected chi connectivity index (χ2v) is 6.24. The van der Waals surface area contributed by atoms with Crippen LogP contribution in [0.25, 0.3) is 0 Å². The molecule has 100 valence electrons. The van der Waals surface area contributed by atoms with Gasteiger partial charge in [0.2, 0.25) is 0 Å². The summed E-state index contributed by atoms with van der Waals surface area (Å²) in [5, 5.41) is 3.46. The normalized spacial score (nSPS) is 26.8. The Bertz CT molecular complexity index is 193. The van der Waals surface area contributed by atoms with Crippen LogP contribution >= 0.6 is 0 Å². The Hall–Kier alpha value is -0.0800. The summed E-state index contributed by atoms with van der Waals surface area (Å²) >= 11 is 0. The van der Waals surface area contributed by atoms with Crippen LogP contribution in [0.5, 0.6) is 0 Å². The Labute approximate surface area is 107 Å². The average Bonchev–Trinajstić information content (AvgIpc) is 2.88. The van der Waals surface area contributed by atoms with Crippen LogP contribution in [0.2, 0.25) is 0 Å². The van der Waals surface area contributed by atoms with E-state index in [-0.39, 0.29) is 0 Å². The van der Waals surface area contributed by atoms with Crippen LogP contribution in [-0.4, -0.2) is 38.1 Å². The first-order valence-corrected chi connectivity index (χ1v) is 7.74. The summed E-state index contributed by atoms with van der Waals surface area (Å²) in [5.74, 6) is 1.99. The van der Waals surface area contributed by atoms with Crippen LogP contribution in [0.3, 0.4) is 0 Å². The minimum Gasteiger partial charge on any atom is -0.316 e. The Morgan fingerprint density at radius 3 is 2.29 bits per heavy atom. The summed E-state index contributed by atoms with van der Waals surface area (Å²) in [6, 6.07) is 0. The van der Waals surface area contributed by atoms with Gasteiger partial charge in [0.25, 0.3) is 0 Å². The minimum atomic E-state index is 0.951. The van der Waals surface area contributed by atoms with Gasteiger partial charge in [0, 0.05) is 0 Å². The maximum Gasteiger partial charge on any atom is -0.00187 e. The lowest BCUT2D eigenvalue weighted by Gasteiger charge is -2.25. The fraction of sp³-hybridized carbons (Fsp3) is 1.00. The first-order valence-electron chi connectivity index (χ1n) is 7.74. The second-order valence-electron chi connectivity index (χ2n) is 6.24. The molecular formula is C15H30N2. The third-order valence-corrected chi connectivity index (χ3v) is 4.73. The van der Waals surface area contributed by atoms with Crippen molar-refractivity contribution < 1.29 is 0 Å². The predicted molar refractivity (Wildman–Crippen MR) is 74.3 cm³/mol. The van der Waals surface area contributed by atoms with Gasteiger partial charge in [-0.25, -0.2) is 0 Å². The maximum absolute atomic E-state index is 3.46. The first-order chi connectivity index (χ1) is 8.34. The van der Waals surface area contributed by atoms with Gasteiger partial charge in [-0.2, -0.15) is 0 Å². The van der Waals surface area contributed by atoms with Crippen LogP contribution in [0, 0.1) is 11.8 Å². The first kappa shape index (κ1) is 13.4. The van der Waals surface area contributed by atoms with Crippen LogP contribution in [0.15, 0.2) is 0 Å². The molecule has 1 N–H and O–H groups in total. The van der Waals surface area contributed by atoms with Crippen molar-refractivity contribution in [2.45, 2.75) is 51.4 Å². The van der Waals surface area contributed by atoms with Crippen molar-refractivity contribution in [1.82, 2.24) is 10.2 Å². The van der Waals surface area contributed by atoms with Crippen molar-refractivity contribution in [3.63, 3.8) is 0 Å². The van der Waals surface area contributed by atoms with Gasteiger partial charge >= 0.3 is 0 Å². The van der Waals surface area contributed by atoms with E-state index >= 15 is 0 Å². The Morgan fingerprint density at radius 1 is 0.941 bits per heavy atom. The number of nitrogens with zero attached hydrogens (tertiary/aromatic N) is 1. The molecule has 1 aliphatic heterocycles. The molecule has 2 aliphatic rings. The van der Waals surface area contributed by atoms with Gasteiger partial charge in [0.15, 0.2) is 0 Å². The molecule has 1 heterocycles. The summed E-state index contributed by atoms with van der Waals surface area (Å²) in [4.78, 5) is 2.56. The molecule has 0 aromatic heterocycles. The van der Waals surface area contributed by atoms with E-state index in [0.29, 0.717) is 0 Å². The summed E-state index contributed by atoms with van der Waals surface area (Å²) in [7, 11) is 2.31. The van der Waals surface area contributed by atoms with Gasteiger partial charge in [-0.15, -0.1) is 0 Å². The molecule has 0 aromatic rings. The molecule has 0 amide bonds. The molecule has 0 radical (unpaired) electrons. The predicted octanol–water partition coefficient (Wildman–Crippen LogP) is 2.89. The van der Waals surface area contributed by atoms with Crippen LogP contribution in [0.4, 0.5) is 0 Å². The van der Waals surface area contributed by atoms with E-state index in [1.807, 2.05) is 0 Å². The van der Waals surface area contributed by atoms with Gasteiger partial charge in [0.05, 0.1) is 0 Å². The van der Waals surface area contributed by atoms with Crippen molar-refractivity contribution >= 4 is 0 Å². The smallest absolute Gasteiger partial charge is 0.00187 e. The van der Waals surface area contributed by atoms with Gasteiger partial charge in [0.1, 0.15) is 0 Å². The number of hydrogen-bond donors (Lipinski definition) is 1. The molecule has 2 rings (SSSR count). The van der Waals surface area contributed by atoms with Crippen molar-refractivity contribution in [2.75, 3.05) is 33.2 Å². The van der Waals surface area contributed by atoms with E-state index in [0.717, 1.165) is 11.8 Å². The lowest BCUT2D eigenvalue weighted by molar-refractivity contribution is 0.253. The zero-order valence-corrected chi connectivity index (χ0v) is 11.6. The second kappa shape index (κ2) is 7.38. The fourth-order valence-corrected chi connectivity index (χ4v) is 3.35. The molecule has 1 atom stereocenters. The monoisotopic (exact) mass is 238 g/mol. The van der Waals surface area contributed by atoms with E-state index in [1.54, 1.807) is 0 Å². The summed E-state index contributed by atoms with van der Waals surface area (Å²) in [6.07, 6.45) is 11.7. The number of hydrogen-bond acceptors (Lipinski definition) is 2. The standard InChI is InChI=1S/C15H30N2/c1-17(12-9-15-7-10-16-13-15)11-8-14-5-3-2-4-6-14/h14-16H,2-13H2,1H3. The van der Waals surface area contributed by atoms with Crippen molar-refractivity contribution in [2.24, 2.45) is 11.8 Å². The molecule has 1 unspecified atom stereocenters. The third-order valence-electron chi connectivity index (χ3n) is 4.73. The van der Waals surface area contributed by atoms with E-state index in [2.05, 4.69) is 17.3 Å². The van der Waals surface area contributed by atoms with Gasteiger partial charge < -0.3 is 10.2 Å². The van der Waals surface area contributed by atoms with Gasteiger partial charge in [-0.05, 0) is 64.3 Å². The van der Waals surface area contributed by atoms with Crippen molar-refractivity contribution in [3.8, 4) is 0 Å².